The van der Waals surface area contributed by atoms with Gasteiger partial charge >= 0.3 is 6.03 Å². The Kier molecular flexibility index (Phi) is 4.99. The summed E-state index contributed by atoms with van der Waals surface area (Å²) < 4.78 is 19.3. The normalized spacial score (nSPS) is 13.9. The summed E-state index contributed by atoms with van der Waals surface area (Å²) in [5.74, 6) is -1.79. The van der Waals surface area contributed by atoms with Gasteiger partial charge in [0.1, 0.15) is 23.7 Å². The molecule has 2 aromatic rings. The van der Waals surface area contributed by atoms with Crippen molar-refractivity contribution in [3.05, 3.63) is 70.0 Å². The Morgan fingerprint density at radius 2 is 1.73 bits per heavy atom. The molecule has 132 valence electrons. The average molecular weight is 375 g/mol. The van der Waals surface area contributed by atoms with Crippen LogP contribution in [0.3, 0.4) is 0 Å². The maximum atomic E-state index is 13.7. The van der Waals surface area contributed by atoms with E-state index in [1.807, 2.05) is 10.6 Å². The molecular formula is C18H12ClFN2O4. The van der Waals surface area contributed by atoms with Crippen LogP contribution in [0.25, 0.3) is 6.08 Å². The average Bonchev–Trinajstić information content (AvgIpc) is 2.58. The molecule has 0 spiro atoms. The fraction of sp³-hybridized carbons (Fsp3) is 0.0556. The first-order chi connectivity index (χ1) is 12.4. The molecule has 0 saturated carbocycles. The molecule has 4 amide bonds. The number of benzene rings is 2. The number of hydrogen-bond donors (Lipinski definition) is 2. The zero-order valence-electron chi connectivity index (χ0n) is 13.2. The van der Waals surface area contributed by atoms with Gasteiger partial charge in [-0.1, -0.05) is 29.8 Å². The molecule has 3 rings (SSSR count). The monoisotopic (exact) mass is 374 g/mol. The Hall–Kier alpha value is -3.19. The highest BCUT2D eigenvalue weighted by molar-refractivity contribution is 6.32. The summed E-state index contributed by atoms with van der Waals surface area (Å²) in [4.78, 5) is 34.8. The predicted octanol–water partition coefficient (Wildman–Crippen LogP) is 2.81. The lowest BCUT2D eigenvalue weighted by Crippen LogP contribution is -2.51. The van der Waals surface area contributed by atoms with E-state index in [9.17, 15) is 18.8 Å². The van der Waals surface area contributed by atoms with Gasteiger partial charge in [0.05, 0.1) is 0 Å². The zero-order valence-corrected chi connectivity index (χ0v) is 14.0. The summed E-state index contributed by atoms with van der Waals surface area (Å²) in [6.07, 6.45) is 1.25. The van der Waals surface area contributed by atoms with E-state index in [-0.39, 0.29) is 12.2 Å². The number of imide groups is 2. The van der Waals surface area contributed by atoms with Crippen molar-refractivity contribution >= 4 is 35.5 Å². The molecule has 6 nitrogen and oxygen atoms in total. The first kappa shape index (κ1) is 17.6. The highest BCUT2D eigenvalue weighted by Gasteiger charge is 2.28. The summed E-state index contributed by atoms with van der Waals surface area (Å²) in [6, 6.07) is 9.85. The van der Waals surface area contributed by atoms with E-state index in [0.29, 0.717) is 21.9 Å². The summed E-state index contributed by atoms with van der Waals surface area (Å²) in [5.41, 5.74) is 0.408. The van der Waals surface area contributed by atoms with Crippen LogP contribution in [0, 0.1) is 5.82 Å². The van der Waals surface area contributed by atoms with Crippen LogP contribution in [-0.4, -0.2) is 17.8 Å². The molecule has 1 saturated heterocycles. The van der Waals surface area contributed by atoms with Gasteiger partial charge in [0.15, 0.2) is 0 Å². The SMILES string of the molecule is O=C1NC(=O)C(=Cc2cc(Cl)ccc2OCc2ccccc2F)C(=O)N1. The number of halogens is 2. The number of ether oxygens (including phenoxy) is 1. The summed E-state index contributed by atoms with van der Waals surface area (Å²) in [7, 11) is 0. The number of rotatable bonds is 4. The summed E-state index contributed by atoms with van der Waals surface area (Å²) in [6.45, 7) is -0.0542. The molecule has 1 heterocycles. The number of carbonyl (C=O) groups is 3. The number of amides is 4. The molecule has 0 unspecified atom stereocenters. The molecule has 0 aromatic heterocycles. The Labute approximate surface area is 152 Å². The molecule has 2 N–H and O–H groups in total. The van der Waals surface area contributed by atoms with Crippen molar-refractivity contribution in [2.75, 3.05) is 0 Å². The minimum atomic E-state index is -0.890. The van der Waals surface area contributed by atoms with Crippen LogP contribution in [0.15, 0.2) is 48.0 Å². The van der Waals surface area contributed by atoms with Crippen LogP contribution >= 0.6 is 11.6 Å². The summed E-state index contributed by atoms with van der Waals surface area (Å²) in [5, 5.41) is 4.31. The van der Waals surface area contributed by atoms with Crippen LogP contribution < -0.4 is 15.4 Å². The third-order valence-electron chi connectivity index (χ3n) is 3.56. The Morgan fingerprint density at radius 1 is 1.04 bits per heavy atom. The Bertz CT molecular complexity index is 921. The zero-order chi connectivity index (χ0) is 18.7. The van der Waals surface area contributed by atoms with Gasteiger partial charge in [0.2, 0.25) is 0 Å². The highest BCUT2D eigenvalue weighted by Crippen LogP contribution is 2.27. The Morgan fingerprint density at radius 3 is 2.42 bits per heavy atom. The molecule has 8 heteroatoms. The van der Waals surface area contributed by atoms with Gasteiger partial charge in [0.25, 0.3) is 11.8 Å². The Balaban J connectivity index is 1.90. The fourth-order valence-electron chi connectivity index (χ4n) is 2.30. The predicted molar refractivity (Wildman–Crippen MR) is 91.8 cm³/mol. The second kappa shape index (κ2) is 7.37. The van der Waals surface area contributed by atoms with Crippen LogP contribution in [0.1, 0.15) is 11.1 Å². The lowest BCUT2D eigenvalue weighted by atomic mass is 10.1. The maximum absolute atomic E-state index is 13.7. The number of carbonyl (C=O) groups excluding carboxylic acids is 3. The summed E-state index contributed by atoms with van der Waals surface area (Å²) >= 11 is 5.97. The molecular weight excluding hydrogens is 363 g/mol. The van der Waals surface area contributed by atoms with E-state index >= 15 is 0 Å². The lowest BCUT2D eigenvalue weighted by Gasteiger charge is -2.15. The third kappa shape index (κ3) is 3.89. The van der Waals surface area contributed by atoms with Crippen molar-refractivity contribution in [2.24, 2.45) is 0 Å². The number of urea groups is 1. The van der Waals surface area contributed by atoms with Gasteiger partial charge in [-0.2, -0.15) is 0 Å². The fourth-order valence-corrected chi connectivity index (χ4v) is 2.48. The van der Waals surface area contributed by atoms with E-state index in [1.165, 1.54) is 18.2 Å². The van der Waals surface area contributed by atoms with Gasteiger partial charge in [-0.15, -0.1) is 0 Å². The minimum absolute atomic E-state index is 0.0542. The van der Waals surface area contributed by atoms with Gasteiger partial charge in [-0.05, 0) is 30.3 Å². The first-order valence-corrected chi connectivity index (χ1v) is 7.86. The highest BCUT2D eigenvalue weighted by atomic mass is 35.5. The third-order valence-corrected chi connectivity index (χ3v) is 3.79. The molecule has 0 radical (unpaired) electrons. The molecule has 0 atom stereocenters. The minimum Gasteiger partial charge on any atom is -0.488 e. The standard InChI is InChI=1S/C18H12ClFN2O4/c19-12-5-6-15(26-9-10-3-1-2-4-14(10)20)11(7-12)8-13-16(23)21-18(25)22-17(13)24/h1-8H,9H2,(H2,21,22,23,24,25). The van der Waals surface area contributed by atoms with Crippen molar-refractivity contribution < 1.29 is 23.5 Å². The van der Waals surface area contributed by atoms with Gasteiger partial charge in [0, 0.05) is 16.1 Å². The lowest BCUT2D eigenvalue weighted by molar-refractivity contribution is -0.123. The second-order valence-electron chi connectivity index (χ2n) is 5.36. The van der Waals surface area contributed by atoms with Crippen molar-refractivity contribution in [1.82, 2.24) is 10.6 Å². The quantitative estimate of drug-likeness (QED) is 0.636. The second-order valence-corrected chi connectivity index (χ2v) is 5.79. The topological polar surface area (TPSA) is 84.5 Å². The van der Waals surface area contributed by atoms with Crippen molar-refractivity contribution in [3.8, 4) is 5.75 Å². The molecule has 1 aliphatic rings. The van der Waals surface area contributed by atoms with Crippen molar-refractivity contribution in [1.29, 1.82) is 0 Å². The first-order valence-electron chi connectivity index (χ1n) is 7.48. The van der Waals surface area contributed by atoms with Crippen LogP contribution in [-0.2, 0) is 16.2 Å². The van der Waals surface area contributed by atoms with Crippen molar-refractivity contribution in [3.63, 3.8) is 0 Å². The maximum Gasteiger partial charge on any atom is 0.328 e. The molecule has 1 aliphatic heterocycles. The molecule has 0 bridgehead atoms. The molecule has 26 heavy (non-hydrogen) atoms. The van der Waals surface area contributed by atoms with E-state index < -0.39 is 23.7 Å². The van der Waals surface area contributed by atoms with Crippen LogP contribution in [0.2, 0.25) is 5.02 Å². The molecule has 1 fully saturated rings. The van der Waals surface area contributed by atoms with Gasteiger partial charge in [-0.25, -0.2) is 9.18 Å². The van der Waals surface area contributed by atoms with E-state index in [2.05, 4.69) is 0 Å². The number of barbiturate groups is 1. The van der Waals surface area contributed by atoms with Gasteiger partial charge < -0.3 is 4.74 Å². The largest absolute Gasteiger partial charge is 0.488 e. The molecule has 0 aliphatic carbocycles. The van der Waals surface area contributed by atoms with E-state index in [0.717, 1.165) is 0 Å². The van der Waals surface area contributed by atoms with Crippen molar-refractivity contribution in [2.45, 2.75) is 6.61 Å². The van der Waals surface area contributed by atoms with Crippen LogP contribution in [0.4, 0.5) is 9.18 Å². The smallest absolute Gasteiger partial charge is 0.328 e. The van der Waals surface area contributed by atoms with Gasteiger partial charge in [-0.3, -0.25) is 20.2 Å². The van der Waals surface area contributed by atoms with E-state index in [4.69, 9.17) is 16.3 Å². The number of hydrogen-bond acceptors (Lipinski definition) is 4. The number of nitrogens with one attached hydrogen (secondary N) is 2. The molecule has 2 aromatic carbocycles. The van der Waals surface area contributed by atoms with Crippen LogP contribution in [0.5, 0.6) is 5.75 Å². The van der Waals surface area contributed by atoms with E-state index in [1.54, 1.807) is 30.3 Å².